The number of hydrogen-bond acceptors (Lipinski definition) is 3. The Hall–Kier alpha value is -8.15. The lowest BCUT2D eigenvalue weighted by molar-refractivity contribution is 0.741. The van der Waals surface area contributed by atoms with Crippen LogP contribution in [0.2, 0.25) is 0 Å². The third kappa shape index (κ3) is 6.28. The first-order valence-electron chi connectivity index (χ1n) is 21.7. The lowest BCUT2D eigenvalue weighted by Gasteiger charge is -2.20. The minimum absolute atomic E-state index is 0.400. The van der Waals surface area contributed by atoms with E-state index in [1.807, 2.05) is 6.07 Å². The molecule has 5 heteroatoms. The molecule has 1 unspecified atom stereocenters. The van der Waals surface area contributed by atoms with Gasteiger partial charge in [-0.15, -0.1) is 0 Å². The molecule has 3 aromatic heterocycles. The molecule has 0 bridgehead atoms. The van der Waals surface area contributed by atoms with E-state index in [1.54, 1.807) is 0 Å². The predicted octanol–water partition coefficient (Wildman–Crippen LogP) is 14.6. The molecule has 0 spiro atoms. The summed E-state index contributed by atoms with van der Waals surface area (Å²) in [5.74, 6) is 2.35. The molecule has 5 nitrogen and oxygen atoms in total. The van der Waals surface area contributed by atoms with Gasteiger partial charge in [-0.25, -0.2) is 15.0 Å². The average Bonchev–Trinajstić information content (AvgIpc) is 3.87. The van der Waals surface area contributed by atoms with E-state index in [1.165, 1.54) is 32.6 Å². The first kappa shape index (κ1) is 36.7. The fourth-order valence-electron chi connectivity index (χ4n) is 9.57. The van der Waals surface area contributed by atoms with Gasteiger partial charge in [0.15, 0.2) is 17.5 Å². The van der Waals surface area contributed by atoms with Crippen molar-refractivity contribution < 1.29 is 0 Å². The Morgan fingerprint density at radius 1 is 0.381 bits per heavy atom. The Balaban J connectivity index is 0.996. The van der Waals surface area contributed by atoms with Crippen molar-refractivity contribution in [2.75, 3.05) is 0 Å². The Morgan fingerprint density at radius 3 is 1.54 bits per heavy atom. The number of aromatic nitrogens is 5. The summed E-state index contributed by atoms with van der Waals surface area (Å²) in [7, 11) is 0. The van der Waals surface area contributed by atoms with E-state index < -0.39 is 0 Å². The van der Waals surface area contributed by atoms with E-state index in [2.05, 4.69) is 222 Å². The molecule has 1 aliphatic rings. The molecule has 63 heavy (non-hydrogen) atoms. The van der Waals surface area contributed by atoms with Crippen LogP contribution in [0.1, 0.15) is 24.7 Å². The fourth-order valence-corrected chi connectivity index (χ4v) is 9.57. The predicted molar refractivity (Wildman–Crippen MR) is 261 cm³/mol. The Morgan fingerprint density at radius 2 is 0.873 bits per heavy atom. The second kappa shape index (κ2) is 15.1. The van der Waals surface area contributed by atoms with Gasteiger partial charge < -0.3 is 9.13 Å². The van der Waals surface area contributed by atoms with Crippen LogP contribution < -0.4 is 0 Å². The Kier molecular flexibility index (Phi) is 8.78. The van der Waals surface area contributed by atoms with Gasteiger partial charge in [0.05, 0.1) is 22.1 Å². The van der Waals surface area contributed by atoms with Gasteiger partial charge in [0.25, 0.3) is 0 Å². The third-order valence-electron chi connectivity index (χ3n) is 12.5. The van der Waals surface area contributed by atoms with Crippen LogP contribution in [0.3, 0.4) is 0 Å². The van der Waals surface area contributed by atoms with Gasteiger partial charge in [0.1, 0.15) is 0 Å². The molecule has 0 saturated carbocycles. The number of rotatable bonds is 7. The maximum atomic E-state index is 5.29. The van der Waals surface area contributed by atoms with E-state index in [0.29, 0.717) is 23.4 Å². The zero-order valence-electron chi connectivity index (χ0n) is 34.7. The highest BCUT2D eigenvalue weighted by Gasteiger charge is 2.23. The molecule has 8 aromatic carbocycles. The summed E-state index contributed by atoms with van der Waals surface area (Å²) in [6, 6.07) is 71.1. The third-order valence-corrected chi connectivity index (χ3v) is 12.5. The molecular weight excluding hydrogens is 767 g/mol. The molecule has 12 rings (SSSR count). The molecule has 0 saturated heterocycles. The van der Waals surface area contributed by atoms with E-state index in [-0.39, 0.29) is 0 Å². The molecule has 0 amide bonds. The molecule has 3 heterocycles. The summed E-state index contributed by atoms with van der Waals surface area (Å²) in [5.41, 5.74) is 14.3. The summed E-state index contributed by atoms with van der Waals surface area (Å²) in [6.07, 6.45) is 5.57. The SMILES string of the molecule is CC1C=C(c2ccccc2)C(c2nc(-c3ccc(-n4c5ccccc5c5cc(-n6c7ccccc7c7ccccc76)ccc54)cc3)nc(-c3ccccc3-c3ccccc3)n2)=CC1. The van der Waals surface area contributed by atoms with Gasteiger partial charge in [0, 0.05) is 49.6 Å². The maximum absolute atomic E-state index is 5.29. The molecule has 1 atom stereocenters. The van der Waals surface area contributed by atoms with E-state index in [0.717, 1.165) is 67.8 Å². The Bertz CT molecular complexity index is 3540. The molecular formula is C58H41N5. The van der Waals surface area contributed by atoms with E-state index in [9.17, 15) is 0 Å². The van der Waals surface area contributed by atoms with Crippen molar-refractivity contribution in [3.05, 3.63) is 224 Å². The van der Waals surface area contributed by atoms with Gasteiger partial charge in [-0.05, 0) is 95.3 Å². The number of hydrogen-bond donors (Lipinski definition) is 0. The van der Waals surface area contributed by atoms with Crippen LogP contribution in [0.4, 0.5) is 0 Å². The largest absolute Gasteiger partial charge is 0.309 e. The number of nitrogens with zero attached hydrogens (tertiary/aromatic N) is 5. The second-order valence-corrected chi connectivity index (χ2v) is 16.5. The van der Waals surface area contributed by atoms with E-state index >= 15 is 0 Å². The van der Waals surface area contributed by atoms with Gasteiger partial charge in [-0.3, -0.25) is 0 Å². The van der Waals surface area contributed by atoms with Crippen LogP contribution in [0.25, 0.3) is 100 Å². The van der Waals surface area contributed by atoms with E-state index in [4.69, 9.17) is 15.0 Å². The van der Waals surface area contributed by atoms with Crippen LogP contribution in [-0.2, 0) is 0 Å². The lowest BCUT2D eigenvalue weighted by atomic mass is 9.87. The van der Waals surface area contributed by atoms with Gasteiger partial charge in [-0.2, -0.15) is 0 Å². The average molecular weight is 808 g/mol. The summed E-state index contributed by atoms with van der Waals surface area (Å²) >= 11 is 0. The number of benzene rings is 8. The first-order valence-corrected chi connectivity index (χ1v) is 21.7. The minimum atomic E-state index is 0.400. The normalized spacial score (nSPS) is 14.1. The molecule has 0 radical (unpaired) electrons. The number of fused-ring (bicyclic) bond motifs is 6. The van der Waals surface area contributed by atoms with Crippen molar-refractivity contribution in [1.29, 1.82) is 0 Å². The van der Waals surface area contributed by atoms with Crippen LogP contribution in [0.5, 0.6) is 0 Å². The summed E-state index contributed by atoms with van der Waals surface area (Å²) in [4.78, 5) is 15.8. The Labute approximate surface area is 365 Å². The minimum Gasteiger partial charge on any atom is -0.309 e. The van der Waals surface area contributed by atoms with Crippen molar-refractivity contribution >= 4 is 54.8 Å². The van der Waals surface area contributed by atoms with Crippen LogP contribution in [-0.4, -0.2) is 24.1 Å². The first-order chi connectivity index (χ1) is 31.2. The highest BCUT2D eigenvalue weighted by Crippen LogP contribution is 2.40. The quantitative estimate of drug-likeness (QED) is 0.161. The summed E-state index contributed by atoms with van der Waals surface area (Å²) in [5, 5.41) is 4.92. The zero-order chi connectivity index (χ0) is 41.9. The van der Waals surface area contributed by atoms with Crippen LogP contribution >= 0.6 is 0 Å². The maximum Gasteiger partial charge on any atom is 0.164 e. The van der Waals surface area contributed by atoms with Crippen LogP contribution in [0.15, 0.2) is 212 Å². The molecule has 1 aliphatic carbocycles. The standard InChI is InChI=1S/C58H41N5/c1-38-28-34-49(50(36-38)40-18-6-3-7-19-40)58-60-56(59-57(61-58)48-24-9-8-20-44(48)39-16-4-2-5-17-39)41-29-31-42(32-30-41)62-54-27-15-12-23-47(54)51-37-43(33-35-55(51)62)63-52-25-13-10-21-45(52)46-22-11-14-26-53(46)63/h2-27,29-38H,28H2,1H3. The second-order valence-electron chi connectivity index (χ2n) is 16.5. The van der Waals surface area contributed by atoms with Crippen LogP contribution in [0, 0.1) is 5.92 Å². The molecule has 0 fully saturated rings. The highest BCUT2D eigenvalue weighted by molar-refractivity contribution is 6.12. The number of allylic oxidation sites excluding steroid dienone is 4. The zero-order valence-corrected chi connectivity index (χ0v) is 34.7. The van der Waals surface area contributed by atoms with Crippen molar-refractivity contribution in [3.63, 3.8) is 0 Å². The van der Waals surface area contributed by atoms with Gasteiger partial charge in [0.2, 0.25) is 0 Å². The summed E-state index contributed by atoms with van der Waals surface area (Å²) < 4.78 is 4.76. The lowest BCUT2D eigenvalue weighted by Crippen LogP contribution is -2.08. The highest BCUT2D eigenvalue weighted by atomic mass is 15.0. The molecule has 298 valence electrons. The van der Waals surface area contributed by atoms with Gasteiger partial charge >= 0.3 is 0 Å². The fraction of sp³-hybridized carbons (Fsp3) is 0.0517. The van der Waals surface area contributed by atoms with Crippen molar-refractivity contribution in [3.8, 4) is 45.3 Å². The molecule has 0 N–H and O–H groups in total. The van der Waals surface area contributed by atoms with Crippen molar-refractivity contribution in [2.45, 2.75) is 13.3 Å². The van der Waals surface area contributed by atoms with Crippen molar-refractivity contribution in [2.24, 2.45) is 5.92 Å². The van der Waals surface area contributed by atoms with Crippen molar-refractivity contribution in [1.82, 2.24) is 24.1 Å². The molecule has 0 aliphatic heterocycles. The monoisotopic (exact) mass is 807 g/mol. The smallest absolute Gasteiger partial charge is 0.164 e. The summed E-state index contributed by atoms with van der Waals surface area (Å²) in [6.45, 7) is 2.26. The number of para-hydroxylation sites is 3. The van der Waals surface area contributed by atoms with Gasteiger partial charge in [-0.1, -0.05) is 159 Å². The topological polar surface area (TPSA) is 48.5 Å². The molecule has 11 aromatic rings.